The van der Waals surface area contributed by atoms with Crippen LogP contribution in [0.2, 0.25) is 5.22 Å². The number of carbonyl (C=O) groups excluding carboxylic acids is 1. The van der Waals surface area contributed by atoms with E-state index in [0.29, 0.717) is 24.2 Å². The van der Waals surface area contributed by atoms with Crippen LogP contribution in [0.15, 0.2) is 4.52 Å². The predicted molar refractivity (Wildman–Crippen MR) is 85.0 cm³/mol. The second-order valence-corrected chi connectivity index (χ2v) is 6.68. The molecule has 2 fully saturated rings. The zero-order chi connectivity index (χ0) is 15.7. The maximum absolute atomic E-state index is 12.8. The van der Waals surface area contributed by atoms with Crippen LogP contribution in [0.25, 0.3) is 0 Å². The summed E-state index contributed by atoms with van der Waals surface area (Å²) in [6.45, 7) is 7.13. The SMILES string of the molecule is CCN1CCC[C@@H]1[C@@H]1CCCN1C(=O)Cc1c(C)noc1Cl. The topological polar surface area (TPSA) is 49.6 Å². The summed E-state index contributed by atoms with van der Waals surface area (Å²) >= 11 is 6.00. The quantitative estimate of drug-likeness (QED) is 0.854. The van der Waals surface area contributed by atoms with Crippen molar-refractivity contribution in [2.75, 3.05) is 19.6 Å². The first-order chi connectivity index (χ1) is 10.6. The van der Waals surface area contributed by atoms with Gasteiger partial charge in [-0.2, -0.15) is 0 Å². The first-order valence-corrected chi connectivity index (χ1v) is 8.63. The molecule has 2 aliphatic heterocycles. The van der Waals surface area contributed by atoms with Crippen molar-refractivity contribution in [2.24, 2.45) is 0 Å². The third kappa shape index (κ3) is 2.88. The average Bonchev–Trinajstić information content (AvgIpc) is 3.21. The van der Waals surface area contributed by atoms with Crippen LogP contribution in [0.5, 0.6) is 0 Å². The van der Waals surface area contributed by atoms with Crippen LogP contribution < -0.4 is 0 Å². The Balaban J connectivity index is 1.71. The van der Waals surface area contributed by atoms with Gasteiger partial charge in [0.15, 0.2) is 0 Å². The minimum Gasteiger partial charge on any atom is -0.344 e. The van der Waals surface area contributed by atoms with Crippen molar-refractivity contribution >= 4 is 17.5 Å². The molecule has 122 valence electrons. The molecule has 3 rings (SSSR count). The van der Waals surface area contributed by atoms with Crippen molar-refractivity contribution in [1.82, 2.24) is 15.0 Å². The van der Waals surface area contributed by atoms with Crippen LogP contribution in [-0.2, 0) is 11.2 Å². The van der Waals surface area contributed by atoms with Crippen molar-refractivity contribution in [3.8, 4) is 0 Å². The maximum atomic E-state index is 12.8. The molecule has 0 aromatic carbocycles. The average molecular weight is 326 g/mol. The highest BCUT2D eigenvalue weighted by Gasteiger charge is 2.39. The fraction of sp³-hybridized carbons (Fsp3) is 0.750. The molecule has 6 heteroatoms. The third-order valence-corrected chi connectivity index (χ3v) is 5.45. The number of rotatable bonds is 4. The maximum Gasteiger partial charge on any atom is 0.229 e. The molecular formula is C16H24ClN3O2. The summed E-state index contributed by atoms with van der Waals surface area (Å²) < 4.78 is 4.96. The number of hydrogen-bond acceptors (Lipinski definition) is 4. The van der Waals surface area contributed by atoms with Gasteiger partial charge in [-0.1, -0.05) is 12.1 Å². The molecule has 0 saturated carbocycles. The van der Waals surface area contributed by atoms with E-state index < -0.39 is 0 Å². The minimum absolute atomic E-state index is 0.152. The normalized spacial score (nSPS) is 26.0. The highest BCUT2D eigenvalue weighted by Crippen LogP contribution is 2.31. The van der Waals surface area contributed by atoms with Gasteiger partial charge < -0.3 is 9.42 Å². The van der Waals surface area contributed by atoms with E-state index in [4.69, 9.17) is 16.1 Å². The second-order valence-electron chi connectivity index (χ2n) is 6.33. The van der Waals surface area contributed by atoms with Gasteiger partial charge in [-0.25, -0.2) is 0 Å². The van der Waals surface area contributed by atoms with Crippen LogP contribution in [0.3, 0.4) is 0 Å². The Hall–Kier alpha value is -1.07. The van der Waals surface area contributed by atoms with Crippen LogP contribution in [-0.4, -0.2) is 52.6 Å². The molecule has 0 spiro atoms. The molecule has 1 amide bonds. The molecule has 2 aliphatic rings. The Morgan fingerprint density at radius 1 is 1.32 bits per heavy atom. The zero-order valence-electron chi connectivity index (χ0n) is 13.3. The standard InChI is InChI=1S/C16H24ClN3O2/c1-3-19-8-4-6-13(19)14-7-5-9-20(14)15(21)10-12-11(2)18-22-16(12)17/h13-14H,3-10H2,1-2H3/t13-,14+/m1/s1. The monoisotopic (exact) mass is 325 g/mol. The number of hydrogen-bond donors (Lipinski definition) is 0. The van der Waals surface area contributed by atoms with Gasteiger partial charge in [-0.15, -0.1) is 0 Å². The van der Waals surface area contributed by atoms with E-state index in [2.05, 4.69) is 21.9 Å². The largest absolute Gasteiger partial charge is 0.344 e. The minimum atomic E-state index is 0.152. The molecule has 0 radical (unpaired) electrons. The lowest BCUT2D eigenvalue weighted by molar-refractivity contribution is -0.132. The van der Waals surface area contributed by atoms with E-state index in [1.54, 1.807) is 0 Å². The third-order valence-electron chi connectivity index (χ3n) is 5.15. The Bertz CT molecular complexity index is 526. The molecule has 0 bridgehead atoms. The lowest BCUT2D eigenvalue weighted by Crippen LogP contribution is -2.48. The molecule has 3 heterocycles. The zero-order valence-corrected chi connectivity index (χ0v) is 14.1. The van der Waals surface area contributed by atoms with Gasteiger partial charge in [0.1, 0.15) is 0 Å². The number of nitrogens with zero attached hydrogens (tertiary/aromatic N) is 3. The van der Waals surface area contributed by atoms with Crippen LogP contribution in [0.4, 0.5) is 0 Å². The number of aryl methyl sites for hydroxylation is 1. The summed E-state index contributed by atoms with van der Waals surface area (Å²) in [5, 5.41) is 4.08. The Kier molecular flexibility index (Phi) is 4.73. The Morgan fingerprint density at radius 3 is 2.73 bits per heavy atom. The molecule has 22 heavy (non-hydrogen) atoms. The molecule has 1 aromatic rings. The Morgan fingerprint density at radius 2 is 2.05 bits per heavy atom. The molecule has 0 unspecified atom stereocenters. The molecule has 2 saturated heterocycles. The lowest BCUT2D eigenvalue weighted by atomic mass is 10.0. The van der Waals surface area contributed by atoms with E-state index in [-0.39, 0.29) is 11.1 Å². The van der Waals surface area contributed by atoms with Gasteiger partial charge in [0.05, 0.1) is 12.1 Å². The van der Waals surface area contributed by atoms with Crippen LogP contribution in [0.1, 0.15) is 43.9 Å². The van der Waals surface area contributed by atoms with Crippen molar-refractivity contribution in [2.45, 2.75) is 58.0 Å². The molecule has 5 nitrogen and oxygen atoms in total. The van der Waals surface area contributed by atoms with E-state index in [1.807, 2.05) is 6.92 Å². The molecular weight excluding hydrogens is 302 g/mol. The van der Waals surface area contributed by atoms with Gasteiger partial charge in [0.25, 0.3) is 0 Å². The van der Waals surface area contributed by atoms with Gasteiger partial charge in [0.2, 0.25) is 11.1 Å². The smallest absolute Gasteiger partial charge is 0.229 e. The van der Waals surface area contributed by atoms with Gasteiger partial charge in [-0.05, 0) is 57.3 Å². The van der Waals surface area contributed by atoms with E-state index in [9.17, 15) is 4.79 Å². The first kappa shape index (κ1) is 15.8. The van der Waals surface area contributed by atoms with Crippen molar-refractivity contribution in [1.29, 1.82) is 0 Å². The predicted octanol–water partition coefficient (Wildman–Crippen LogP) is 2.65. The molecule has 0 aliphatic carbocycles. The first-order valence-electron chi connectivity index (χ1n) is 8.26. The fourth-order valence-corrected chi connectivity index (χ4v) is 4.23. The molecule has 0 N–H and O–H groups in total. The van der Waals surface area contributed by atoms with Gasteiger partial charge >= 0.3 is 0 Å². The number of halogens is 1. The molecule has 2 atom stereocenters. The lowest BCUT2D eigenvalue weighted by Gasteiger charge is -2.34. The fourth-order valence-electron chi connectivity index (χ4n) is 3.99. The summed E-state index contributed by atoms with van der Waals surface area (Å²) in [4.78, 5) is 17.4. The van der Waals surface area contributed by atoms with Crippen LogP contribution in [0, 0.1) is 6.92 Å². The number of likely N-dealkylation sites (N-methyl/N-ethyl adjacent to an activating group) is 1. The number of amides is 1. The van der Waals surface area contributed by atoms with E-state index in [0.717, 1.165) is 38.0 Å². The van der Waals surface area contributed by atoms with Gasteiger partial charge in [0, 0.05) is 24.2 Å². The van der Waals surface area contributed by atoms with Crippen LogP contribution >= 0.6 is 11.6 Å². The summed E-state index contributed by atoms with van der Waals surface area (Å²) in [7, 11) is 0. The number of likely N-dealkylation sites (tertiary alicyclic amines) is 2. The summed E-state index contributed by atoms with van der Waals surface area (Å²) in [5.41, 5.74) is 1.45. The number of aromatic nitrogens is 1. The van der Waals surface area contributed by atoms with Crippen molar-refractivity contribution < 1.29 is 9.32 Å². The van der Waals surface area contributed by atoms with Crippen molar-refractivity contribution in [3.05, 3.63) is 16.5 Å². The van der Waals surface area contributed by atoms with E-state index in [1.165, 1.54) is 12.8 Å². The molecule has 1 aromatic heterocycles. The highest BCUT2D eigenvalue weighted by atomic mass is 35.5. The Labute approximate surface area is 136 Å². The second kappa shape index (κ2) is 6.59. The van der Waals surface area contributed by atoms with E-state index >= 15 is 0 Å². The summed E-state index contributed by atoms with van der Waals surface area (Å²) in [5.74, 6) is 0.152. The van der Waals surface area contributed by atoms with Gasteiger partial charge in [-0.3, -0.25) is 9.69 Å². The van der Waals surface area contributed by atoms with Crippen molar-refractivity contribution in [3.63, 3.8) is 0 Å². The number of carbonyl (C=O) groups is 1. The highest BCUT2D eigenvalue weighted by molar-refractivity contribution is 6.29. The summed E-state index contributed by atoms with van der Waals surface area (Å²) in [6, 6.07) is 0.879. The summed E-state index contributed by atoms with van der Waals surface area (Å²) in [6.07, 6.45) is 4.95.